The Morgan fingerprint density at radius 1 is 0.882 bits per heavy atom. The molecular weight excluding hydrogens is 232 g/mol. The zero-order valence-electron chi connectivity index (χ0n) is 9.83. The van der Waals surface area contributed by atoms with E-state index in [9.17, 15) is 0 Å². The van der Waals surface area contributed by atoms with Crippen molar-refractivity contribution in [3.05, 3.63) is 53.6 Å². The van der Waals surface area contributed by atoms with Gasteiger partial charge in [0.2, 0.25) is 0 Å². The van der Waals surface area contributed by atoms with Gasteiger partial charge in [0.15, 0.2) is 0 Å². The van der Waals surface area contributed by atoms with Gasteiger partial charge >= 0.3 is 11.2 Å². The minimum absolute atomic E-state index is 0. The van der Waals surface area contributed by atoms with Gasteiger partial charge in [0.1, 0.15) is 0 Å². The van der Waals surface area contributed by atoms with Crippen LogP contribution in [0.3, 0.4) is 0 Å². The van der Waals surface area contributed by atoms with E-state index in [0.717, 1.165) is 16.6 Å². The highest BCUT2D eigenvalue weighted by Crippen LogP contribution is 2.26. The molecule has 0 aliphatic heterocycles. The third-order valence-electron chi connectivity index (χ3n) is 3.18. The van der Waals surface area contributed by atoms with E-state index in [1.54, 1.807) is 0 Å². The lowest BCUT2D eigenvalue weighted by Gasteiger charge is -1.99. The molecule has 3 rings (SSSR count). The second-order valence-electron chi connectivity index (χ2n) is 4.20. The molecule has 0 aliphatic rings. The molecule has 3 aromatic rings. The number of hydrogen-bond donors (Lipinski definition) is 0. The summed E-state index contributed by atoms with van der Waals surface area (Å²) in [4.78, 5) is 0. The summed E-state index contributed by atoms with van der Waals surface area (Å²) in [6.45, 7) is 4.27. The quantitative estimate of drug-likeness (QED) is 0.431. The lowest BCUT2D eigenvalue weighted by molar-refractivity contribution is -0.00000372. The van der Waals surface area contributed by atoms with E-state index >= 15 is 0 Å². The van der Waals surface area contributed by atoms with Crippen LogP contribution >= 0.6 is 0 Å². The van der Waals surface area contributed by atoms with Crippen molar-refractivity contribution in [1.29, 1.82) is 0 Å². The van der Waals surface area contributed by atoms with E-state index in [2.05, 4.69) is 32.0 Å². The van der Waals surface area contributed by atoms with Crippen LogP contribution in [0.15, 0.2) is 46.9 Å². The number of halogens is 1. The Kier molecular flexibility index (Phi) is 3.03. The van der Waals surface area contributed by atoms with Crippen molar-refractivity contribution < 1.29 is 16.8 Å². The fraction of sp³-hybridized carbons (Fsp3) is 0.133. The third-order valence-corrected chi connectivity index (χ3v) is 3.18. The van der Waals surface area contributed by atoms with E-state index in [1.807, 2.05) is 24.3 Å². The molecule has 2 heteroatoms. The first-order valence-electron chi connectivity index (χ1n) is 5.47. The van der Waals surface area contributed by atoms with E-state index in [-0.39, 0.29) is 12.4 Å². The zero-order valence-corrected chi connectivity index (χ0v) is 10.6. The topological polar surface area (TPSA) is 11.3 Å². The largest absolute Gasteiger partial charge is 1.00 e. The van der Waals surface area contributed by atoms with Crippen LogP contribution in [0.2, 0.25) is 0 Å². The summed E-state index contributed by atoms with van der Waals surface area (Å²) in [5, 5.41) is 2.36. The molecule has 0 bridgehead atoms. The number of rotatable bonds is 0. The third kappa shape index (κ3) is 1.87. The molecule has 0 saturated carbocycles. The van der Waals surface area contributed by atoms with Crippen LogP contribution in [0.5, 0.6) is 0 Å². The van der Waals surface area contributed by atoms with Crippen molar-refractivity contribution >= 4 is 21.9 Å². The maximum atomic E-state index is 5.88. The van der Waals surface area contributed by atoms with Crippen molar-refractivity contribution in [2.24, 2.45) is 0 Å². The standard InChI is InChI=1S/C15H13O.ClH/c1-10-7-8-15-13(11(10)2)9-12-5-3-4-6-14(12)16-15;/h3-9H,1-2H3;1H/q+1;/p-1. The van der Waals surface area contributed by atoms with Crippen molar-refractivity contribution in [2.75, 3.05) is 0 Å². The van der Waals surface area contributed by atoms with Gasteiger partial charge in [0.05, 0.1) is 10.8 Å². The fourth-order valence-electron chi connectivity index (χ4n) is 2.05. The maximum Gasteiger partial charge on any atom is 0.361 e. The Bertz CT molecular complexity index is 689. The number of fused-ring (bicyclic) bond motifs is 2. The lowest BCUT2D eigenvalue weighted by Crippen LogP contribution is -3.00. The lowest BCUT2D eigenvalue weighted by atomic mass is 10.0. The van der Waals surface area contributed by atoms with Crippen LogP contribution in [-0.2, 0) is 0 Å². The predicted molar refractivity (Wildman–Crippen MR) is 67.6 cm³/mol. The van der Waals surface area contributed by atoms with E-state index < -0.39 is 0 Å². The van der Waals surface area contributed by atoms with Gasteiger partial charge in [0.25, 0.3) is 0 Å². The summed E-state index contributed by atoms with van der Waals surface area (Å²) in [7, 11) is 0. The average Bonchev–Trinajstić information content (AvgIpc) is 2.32. The molecule has 1 heterocycles. The van der Waals surface area contributed by atoms with Crippen molar-refractivity contribution in [3.63, 3.8) is 0 Å². The molecule has 2 aromatic carbocycles. The number of benzene rings is 2. The molecule has 0 unspecified atom stereocenters. The number of aryl methyl sites for hydroxylation is 2. The molecule has 0 saturated heterocycles. The van der Waals surface area contributed by atoms with Crippen molar-refractivity contribution in [3.8, 4) is 0 Å². The molecule has 0 fully saturated rings. The van der Waals surface area contributed by atoms with Crippen LogP contribution in [0.4, 0.5) is 0 Å². The second kappa shape index (κ2) is 4.34. The Morgan fingerprint density at radius 2 is 1.65 bits per heavy atom. The molecule has 0 spiro atoms. The van der Waals surface area contributed by atoms with E-state index in [1.165, 1.54) is 16.5 Å². The molecule has 0 radical (unpaired) electrons. The summed E-state index contributed by atoms with van der Waals surface area (Å²) in [6, 6.07) is 14.5. The van der Waals surface area contributed by atoms with Crippen LogP contribution in [0, 0.1) is 13.8 Å². The van der Waals surface area contributed by atoms with Gasteiger partial charge in [-0.1, -0.05) is 12.1 Å². The molecule has 0 N–H and O–H groups in total. The van der Waals surface area contributed by atoms with Gasteiger partial charge in [-0.3, -0.25) is 0 Å². The number of para-hydroxylation sites is 1. The Morgan fingerprint density at radius 3 is 2.47 bits per heavy atom. The highest BCUT2D eigenvalue weighted by atomic mass is 35.5. The molecule has 17 heavy (non-hydrogen) atoms. The first-order valence-corrected chi connectivity index (χ1v) is 5.47. The highest BCUT2D eigenvalue weighted by Gasteiger charge is 2.13. The van der Waals surface area contributed by atoms with Crippen molar-refractivity contribution in [2.45, 2.75) is 13.8 Å². The van der Waals surface area contributed by atoms with Crippen LogP contribution in [-0.4, -0.2) is 0 Å². The highest BCUT2D eigenvalue weighted by molar-refractivity contribution is 5.92. The summed E-state index contributed by atoms with van der Waals surface area (Å²) in [5.74, 6) is 0. The summed E-state index contributed by atoms with van der Waals surface area (Å²) >= 11 is 0. The monoisotopic (exact) mass is 244 g/mol. The van der Waals surface area contributed by atoms with Crippen LogP contribution in [0.1, 0.15) is 11.1 Å². The summed E-state index contributed by atoms with van der Waals surface area (Å²) in [5.41, 5.74) is 4.50. The van der Waals surface area contributed by atoms with Crippen LogP contribution < -0.4 is 12.4 Å². The smallest absolute Gasteiger partial charge is 0.361 e. The van der Waals surface area contributed by atoms with Crippen molar-refractivity contribution in [1.82, 2.24) is 0 Å². The Balaban J connectivity index is 0.00000108. The molecule has 0 atom stereocenters. The zero-order chi connectivity index (χ0) is 11.1. The maximum absolute atomic E-state index is 5.88. The van der Waals surface area contributed by atoms with E-state index in [4.69, 9.17) is 4.42 Å². The summed E-state index contributed by atoms with van der Waals surface area (Å²) < 4.78 is 5.88. The average molecular weight is 245 g/mol. The van der Waals surface area contributed by atoms with Gasteiger partial charge in [-0.05, 0) is 43.2 Å². The normalized spacial score (nSPS) is 10.5. The van der Waals surface area contributed by atoms with Gasteiger partial charge in [-0.25, -0.2) is 4.42 Å². The molecule has 86 valence electrons. The first-order chi connectivity index (χ1) is 7.75. The van der Waals surface area contributed by atoms with Gasteiger partial charge in [-0.15, -0.1) is 0 Å². The molecular formula is C15H13ClO. The summed E-state index contributed by atoms with van der Waals surface area (Å²) in [6.07, 6.45) is 0. The fourth-order valence-corrected chi connectivity index (χ4v) is 2.05. The first kappa shape index (κ1) is 11.9. The van der Waals surface area contributed by atoms with Gasteiger partial charge in [0, 0.05) is 12.1 Å². The second-order valence-corrected chi connectivity index (χ2v) is 4.20. The Labute approximate surface area is 106 Å². The minimum Gasteiger partial charge on any atom is -1.00 e. The molecule has 0 aliphatic carbocycles. The number of hydrogen-bond acceptors (Lipinski definition) is 0. The van der Waals surface area contributed by atoms with Gasteiger partial charge in [-0.2, -0.15) is 0 Å². The minimum atomic E-state index is 0. The molecule has 1 nitrogen and oxygen atoms in total. The Hall–Kier alpha value is -1.60. The molecule has 0 amide bonds. The SMILES string of the molecule is Cc1ccc2[o+]c3ccccc3cc2c1C.[Cl-]. The molecule has 1 aromatic heterocycles. The van der Waals surface area contributed by atoms with Gasteiger partial charge < -0.3 is 12.4 Å². The van der Waals surface area contributed by atoms with Crippen LogP contribution in [0.25, 0.3) is 21.9 Å². The van der Waals surface area contributed by atoms with E-state index in [0.29, 0.717) is 0 Å². The predicted octanol–water partition coefficient (Wildman–Crippen LogP) is 1.49.